The Labute approximate surface area is 87.8 Å². The highest BCUT2D eigenvalue weighted by Gasteiger charge is 1.99. The van der Waals surface area contributed by atoms with Crippen molar-refractivity contribution in [2.24, 2.45) is 0 Å². The van der Waals surface area contributed by atoms with Crippen molar-refractivity contribution in [1.29, 1.82) is 0 Å². The molecule has 1 aromatic carbocycles. The molecule has 0 aromatic heterocycles. The highest BCUT2D eigenvalue weighted by atomic mass is 79.9. The van der Waals surface area contributed by atoms with Gasteiger partial charge in [0.1, 0.15) is 0 Å². The number of allylic oxidation sites excluding steroid dienone is 1. The van der Waals surface area contributed by atoms with Crippen LogP contribution in [0.3, 0.4) is 0 Å². The summed E-state index contributed by atoms with van der Waals surface area (Å²) in [4.78, 5) is 0. The molecule has 1 aromatic rings. The molecule has 2 heteroatoms. The number of nitrogen functional groups attached to an aromatic ring is 1. The van der Waals surface area contributed by atoms with Crippen LogP contribution in [0.2, 0.25) is 0 Å². The lowest BCUT2D eigenvalue weighted by atomic mass is 10.1. The number of halogens is 1. The molecule has 0 saturated heterocycles. The molecule has 1 nitrogen and oxygen atoms in total. The lowest BCUT2D eigenvalue weighted by Gasteiger charge is -2.04. The molecular formula is C11H14BrN. The van der Waals surface area contributed by atoms with E-state index in [4.69, 9.17) is 5.73 Å². The summed E-state index contributed by atoms with van der Waals surface area (Å²) in [6.45, 7) is 4.14. The van der Waals surface area contributed by atoms with E-state index in [-0.39, 0.29) is 0 Å². The fraction of sp³-hybridized carbons (Fsp3) is 0.273. The normalized spacial score (nSPS) is 11.0. The maximum Gasteiger partial charge on any atom is 0.0390 e. The molecule has 70 valence electrons. The predicted octanol–water partition coefficient (Wildman–Crippen LogP) is 3.76. The van der Waals surface area contributed by atoms with Crippen LogP contribution in [0.4, 0.5) is 5.69 Å². The number of nitrogens with two attached hydrogens (primary N) is 1. The van der Waals surface area contributed by atoms with Gasteiger partial charge in [0.15, 0.2) is 0 Å². The van der Waals surface area contributed by atoms with Crippen LogP contribution in [-0.2, 0) is 0 Å². The molecule has 0 radical (unpaired) electrons. The van der Waals surface area contributed by atoms with E-state index < -0.39 is 0 Å². The first kappa shape index (κ1) is 10.3. The smallest absolute Gasteiger partial charge is 0.0390 e. The monoisotopic (exact) mass is 239 g/mol. The third-order valence-corrected chi connectivity index (χ3v) is 2.75. The van der Waals surface area contributed by atoms with Gasteiger partial charge < -0.3 is 5.73 Å². The fourth-order valence-electron chi connectivity index (χ4n) is 1.11. The number of hydrogen-bond donors (Lipinski definition) is 1. The summed E-state index contributed by atoms with van der Waals surface area (Å²) in [5.41, 5.74) is 8.95. The molecule has 0 saturated carbocycles. The van der Waals surface area contributed by atoms with Crippen molar-refractivity contribution in [1.82, 2.24) is 0 Å². The molecule has 0 fully saturated rings. The molecule has 0 aliphatic heterocycles. The fourth-order valence-corrected chi connectivity index (χ4v) is 1.47. The lowest BCUT2D eigenvalue weighted by molar-refractivity contribution is 1.23. The molecule has 0 amide bonds. The molecule has 1 rings (SSSR count). The first-order chi connectivity index (χ1) is 6.15. The van der Waals surface area contributed by atoms with Crippen LogP contribution in [0.15, 0.2) is 22.7 Å². The van der Waals surface area contributed by atoms with E-state index in [1.165, 1.54) is 5.56 Å². The van der Waals surface area contributed by atoms with Crippen molar-refractivity contribution in [3.8, 4) is 0 Å². The van der Waals surface area contributed by atoms with E-state index >= 15 is 0 Å². The van der Waals surface area contributed by atoms with Crippen molar-refractivity contribution in [3.63, 3.8) is 0 Å². The van der Waals surface area contributed by atoms with Crippen LogP contribution in [0, 0.1) is 6.92 Å². The molecule has 0 atom stereocenters. The first-order valence-corrected chi connectivity index (χ1v) is 5.16. The Kier molecular flexibility index (Phi) is 3.55. The summed E-state index contributed by atoms with van der Waals surface area (Å²) in [6, 6.07) is 4.04. The average Bonchev–Trinajstić information content (AvgIpc) is 2.09. The zero-order valence-corrected chi connectivity index (χ0v) is 9.56. The van der Waals surface area contributed by atoms with Gasteiger partial charge in [-0.2, -0.15) is 0 Å². The first-order valence-electron chi connectivity index (χ1n) is 4.37. The van der Waals surface area contributed by atoms with E-state index in [0.717, 1.165) is 22.1 Å². The zero-order valence-electron chi connectivity index (χ0n) is 7.97. The van der Waals surface area contributed by atoms with Crippen LogP contribution < -0.4 is 5.73 Å². The SMILES string of the molecule is CC/C=C\c1cc(Br)c(C)cc1N. The second-order valence-electron chi connectivity index (χ2n) is 3.04. The Balaban J connectivity index is 3.08. The molecular weight excluding hydrogens is 226 g/mol. The quantitative estimate of drug-likeness (QED) is 0.782. The molecule has 2 N–H and O–H groups in total. The zero-order chi connectivity index (χ0) is 9.84. The van der Waals surface area contributed by atoms with E-state index in [1.807, 2.05) is 13.0 Å². The maximum atomic E-state index is 5.86. The number of aryl methyl sites for hydroxylation is 1. The van der Waals surface area contributed by atoms with E-state index in [9.17, 15) is 0 Å². The van der Waals surface area contributed by atoms with Gasteiger partial charge in [-0.15, -0.1) is 0 Å². The summed E-state index contributed by atoms with van der Waals surface area (Å²) in [6.07, 6.45) is 5.19. The Morgan fingerprint density at radius 2 is 2.15 bits per heavy atom. The second kappa shape index (κ2) is 4.47. The van der Waals surface area contributed by atoms with Crippen molar-refractivity contribution in [2.75, 3.05) is 5.73 Å². The number of benzene rings is 1. The molecule has 0 spiro atoms. The van der Waals surface area contributed by atoms with Gasteiger partial charge >= 0.3 is 0 Å². The topological polar surface area (TPSA) is 26.0 Å². The third kappa shape index (κ3) is 2.59. The highest BCUT2D eigenvalue weighted by molar-refractivity contribution is 9.10. The van der Waals surface area contributed by atoms with Gasteiger partial charge in [-0.3, -0.25) is 0 Å². The van der Waals surface area contributed by atoms with Gasteiger partial charge in [-0.05, 0) is 36.6 Å². The van der Waals surface area contributed by atoms with Gasteiger partial charge in [-0.25, -0.2) is 0 Å². The largest absolute Gasteiger partial charge is 0.398 e. The Bertz CT molecular complexity index is 329. The summed E-state index contributed by atoms with van der Waals surface area (Å²) >= 11 is 3.48. The number of anilines is 1. The minimum Gasteiger partial charge on any atom is -0.398 e. The molecule has 0 aliphatic carbocycles. The minimum atomic E-state index is 0.838. The van der Waals surface area contributed by atoms with E-state index in [1.54, 1.807) is 0 Å². The Morgan fingerprint density at radius 3 is 2.77 bits per heavy atom. The van der Waals surface area contributed by atoms with Crippen LogP contribution in [0.25, 0.3) is 6.08 Å². The Hall–Kier alpha value is -0.760. The van der Waals surface area contributed by atoms with Crippen molar-refractivity contribution in [3.05, 3.63) is 33.8 Å². The van der Waals surface area contributed by atoms with Gasteiger partial charge in [0.25, 0.3) is 0 Å². The Morgan fingerprint density at radius 1 is 1.46 bits per heavy atom. The van der Waals surface area contributed by atoms with Crippen molar-refractivity contribution >= 4 is 27.7 Å². The summed E-state index contributed by atoms with van der Waals surface area (Å²) in [5, 5.41) is 0. The standard InChI is InChI=1S/C11H14BrN/c1-3-4-5-9-7-10(12)8(2)6-11(9)13/h4-7H,3,13H2,1-2H3/b5-4-. The van der Waals surface area contributed by atoms with E-state index in [2.05, 4.69) is 41.1 Å². The van der Waals surface area contributed by atoms with Gasteiger partial charge in [0.2, 0.25) is 0 Å². The number of hydrogen-bond acceptors (Lipinski definition) is 1. The molecule has 0 aliphatic rings. The van der Waals surface area contributed by atoms with Crippen molar-refractivity contribution < 1.29 is 0 Å². The number of rotatable bonds is 2. The molecule has 0 bridgehead atoms. The second-order valence-corrected chi connectivity index (χ2v) is 3.90. The maximum absolute atomic E-state index is 5.86. The van der Waals surface area contributed by atoms with E-state index in [0.29, 0.717) is 0 Å². The van der Waals surface area contributed by atoms with Gasteiger partial charge in [0.05, 0.1) is 0 Å². The molecule has 0 heterocycles. The van der Waals surface area contributed by atoms with Crippen LogP contribution in [0.5, 0.6) is 0 Å². The predicted molar refractivity (Wildman–Crippen MR) is 62.6 cm³/mol. The minimum absolute atomic E-state index is 0.838. The van der Waals surface area contributed by atoms with Gasteiger partial charge in [-0.1, -0.05) is 35.0 Å². The van der Waals surface area contributed by atoms with Gasteiger partial charge in [0, 0.05) is 10.2 Å². The lowest BCUT2D eigenvalue weighted by Crippen LogP contribution is -1.90. The van der Waals surface area contributed by atoms with Crippen LogP contribution >= 0.6 is 15.9 Å². The van der Waals surface area contributed by atoms with Crippen LogP contribution in [0.1, 0.15) is 24.5 Å². The summed E-state index contributed by atoms with van der Waals surface area (Å²) in [5.74, 6) is 0. The van der Waals surface area contributed by atoms with Crippen molar-refractivity contribution in [2.45, 2.75) is 20.3 Å². The summed E-state index contributed by atoms with van der Waals surface area (Å²) < 4.78 is 1.11. The molecule has 0 unspecified atom stereocenters. The third-order valence-electron chi connectivity index (χ3n) is 1.90. The highest BCUT2D eigenvalue weighted by Crippen LogP contribution is 2.24. The summed E-state index contributed by atoms with van der Waals surface area (Å²) in [7, 11) is 0. The average molecular weight is 240 g/mol. The van der Waals surface area contributed by atoms with Crippen LogP contribution in [-0.4, -0.2) is 0 Å². The molecule has 13 heavy (non-hydrogen) atoms.